The van der Waals surface area contributed by atoms with Crippen molar-refractivity contribution in [2.24, 2.45) is 0 Å². The highest BCUT2D eigenvalue weighted by Gasteiger charge is 2.35. The van der Waals surface area contributed by atoms with Gasteiger partial charge in [0.15, 0.2) is 0 Å². The number of nitrogens with one attached hydrogen (secondary N) is 2. The van der Waals surface area contributed by atoms with Crippen LogP contribution in [0.1, 0.15) is 52.9 Å². The van der Waals surface area contributed by atoms with E-state index in [1.165, 1.54) is 19.3 Å². The molecule has 6 nitrogen and oxygen atoms in total. The highest BCUT2D eigenvalue weighted by molar-refractivity contribution is 5.38. The van der Waals surface area contributed by atoms with Gasteiger partial charge in [-0.05, 0) is 39.0 Å². The Morgan fingerprint density at radius 3 is 2.40 bits per heavy atom. The molecule has 0 aliphatic heterocycles. The molecule has 0 atom stereocenters. The molecular formula is C14H25N5O. The fourth-order valence-electron chi connectivity index (χ4n) is 2.32. The van der Waals surface area contributed by atoms with Crippen molar-refractivity contribution in [3.8, 4) is 6.01 Å². The molecular weight excluding hydrogens is 254 g/mol. The molecule has 1 aromatic rings. The summed E-state index contributed by atoms with van der Waals surface area (Å²) in [5.74, 6) is 1.19. The van der Waals surface area contributed by atoms with Crippen LogP contribution in [0.4, 0.5) is 11.9 Å². The summed E-state index contributed by atoms with van der Waals surface area (Å²) < 4.78 is 5.54. The Balaban J connectivity index is 2.15. The molecule has 20 heavy (non-hydrogen) atoms. The lowest BCUT2D eigenvalue weighted by molar-refractivity contribution is 0.265. The SMILES string of the molecule is CCCOc1nc(NCC)nc(NC2(CC)CCC2)n1. The van der Waals surface area contributed by atoms with Crippen LogP contribution >= 0.6 is 0 Å². The van der Waals surface area contributed by atoms with Crippen molar-refractivity contribution in [2.75, 3.05) is 23.8 Å². The molecule has 1 fully saturated rings. The molecule has 0 amide bonds. The Kier molecular flexibility index (Phi) is 4.98. The largest absolute Gasteiger partial charge is 0.463 e. The average Bonchev–Trinajstić information content (AvgIpc) is 2.41. The summed E-state index contributed by atoms with van der Waals surface area (Å²) >= 11 is 0. The summed E-state index contributed by atoms with van der Waals surface area (Å²) in [4.78, 5) is 13.1. The van der Waals surface area contributed by atoms with Gasteiger partial charge in [0.1, 0.15) is 0 Å². The van der Waals surface area contributed by atoms with Crippen LogP contribution in [-0.4, -0.2) is 33.6 Å². The summed E-state index contributed by atoms with van der Waals surface area (Å²) in [6.45, 7) is 7.67. The smallest absolute Gasteiger partial charge is 0.323 e. The molecule has 1 aromatic heterocycles. The molecule has 2 N–H and O–H groups in total. The second-order valence-electron chi connectivity index (χ2n) is 5.26. The van der Waals surface area contributed by atoms with Crippen LogP contribution in [0.25, 0.3) is 0 Å². The number of hydrogen-bond donors (Lipinski definition) is 2. The van der Waals surface area contributed by atoms with Gasteiger partial charge in [0.05, 0.1) is 6.61 Å². The van der Waals surface area contributed by atoms with Crippen molar-refractivity contribution < 1.29 is 4.74 Å². The highest BCUT2D eigenvalue weighted by atomic mass is 16.5. The van der Waals surface area contributed by atoms with Crippen molar-refractivity contribution in [3.63, 3.8) is 0 Å². The monoisotopic (exact) mass is 279 g/mol. The van der Waals surface area contributed by atoms with E-state index in [1.807, 2.05) is 6.92 Å². The van der Waals surface area contributed by atoms with Gasteiger partial charge in [0, 0.05) is 12.1 Å². The number of anilines is 2. The van der Waals surface area contributed by atoms with E-state index in [0.29, 0.717) is 24.5 Å². The number of hydrogen-bond acceptors (Lipinski definition) is 6. The minimum absolute atomic E-state index is 0.160. The van der Waals surface area contributed by atoms with Gasteiger partial charge in [-0.1, -0.05) is 13.8 Å². The van der Waals surface area contributed by atoms with Gasteiger partial charge in [-0.15, -0.1) is 0 Å². The van der Waals surface area contributed by atoms with Crippen molar-refractivity contribution in [3.05, 3.63) is 0 Å². The Bertz CT molecular complexity index is 428. The van der Waals surface area contributed by atoms with E-state index in [0.717, 1.165) is 19.4 Å². The zero-order valence-corrected chi connectivity index (χ0v) is 12.7. The lowest BCUT2D eigenvalue weighted by Crippen LogP contribution is -2.44. The van der Waals surface area contributed by atoms with Crippen molar-refractivity contribution in [1.82, 2.24) is 15.0 Å². The van der Waals surface area contributed by atoms with Crippen LogP contribution in [0.3, 0.4) is 0 Å². The van der Waals surface area contributed by atoms with E-state index >= 15 is 0 Å². The maximum atomic E-state index is 5.54. The summed E-state index contributed by atoms with van der Waals surface area (Å²) in [5, 5.41) is 6.60. The van der Waals surface area contributed by atoms with Gasteiger partial charge in [-0.3, -0.25) is 0 Å². The summed E-state index contributed by atoms with van der Waals surface area (Å²) in [7, 11) is 0. The van der Waals surface area contributed by atoms with E-state index in [4.69, 9.17) is 4.74 Å². The number of rotatable bonds is 8. The second-order valence-corrected chi connectivity index (χ2v) is 5.26. The van der Waals surface area contributed by atoms with E-state index in [9.17, 15) is 0 Å². The average molecular weight is 279 g/mol. The Hall–Kier alpha value is -1.59. The first-order valence-electron chi connectivity index (χ1n) is 7.62. The molecule has 6 heteroatoms. The third-order valence-electron chi connectivity index (χ3n) is 3.75. The zero-order valence-electron chi connectivity index (χ0n) is 12.7. The van der Waals surface area contributed by atoms with Gasteiger partial charge >= 0.3 is 6.01 Å². The predicted octanol–water partition coefficient (Wildman–Crippen LogP) is 2.84. The molecule has 1 aliphatic carbocycles. The van der Waals surface area contributed by atoms with Gasteiger partial charge in [0.2, 0.25) is 11.9 Å². The normalized spacial score (nSPS) is 16.4. The highest BCUT2D eigenvalue weighted by Crippen LogP contribution is 2.37. The topological polar surface area (TPSA) is 72.0 Å². The maximum Gasteiger partial charge on any atom is 0.323 e. The molecule has 0 spiro atoms. The van der Waals surface area contributed by atoms with Gasteiger partial charge < -0.3 is 15.4 Å². The summed E-state index contributed by atoms with van der Waals surface area (Å²) in [5.41, 5.74) is 0.160. The first kappa shape index (κ1) is 14.8. The first-order chi connectivity index (χ1) is 9.71. The molecule has 0 radical (unpaired) electrons. The lowest BCUT2D eigenvalue weighted by atomic mass is 9.75. The Labute approximate surface area is 120 Å². The molecule has 2 rings (SSSR count). The van der Waals surface area contributed by atoms with Crippen LogP contribution in [0.5, 0.6) is 6.01 Å². The summed E-state index contributed by atoms with van der Waals surface area (Å²) in [6.07, 6.45) is 5.64. The van der Waals surface area contributed by atoms with Gasteiger partial charge in [-0.2, -0.15) is 15.0 Å². The van der Waals surface area contributed by atoms with E-state index in [2.05, 4.69) is 39.4 Å². The fraction of sp³-hybridized carbons (Fsp3) is 0.786. The van der Waals surface area contributed by atoms with Crippen LogP contribution in [0, 0.1) is 0 Å². The maximum absolute atomic E-state index is 5.54. The zero-order chi connectivity index (χ0) is 14.4. The minimum atomic E-state index is 0.160. The fourth-order valence-corrected chi connectivity index (χ4v) is 2.32. The van der Waals surface area contributed by atoms with E-state index < -0.39 is 0 Å². The quantitative estimate of drug-likeness (QED) is 0.762. The summed E-state index contributed by atoms with van der Waals surface area (Å²) in [6, 6.07) is 0.394. The Morgan fingerprint density at radius 1 is 1.10 bits per heavy atom. The number of nitrogens with zero attached hydrogens (tertiary/aromatic N) is 3. The molecule has 1 aliphatic rings. The van der Waals surface area contributed by atoms with Crippen molar-refractivity contribution >= 4 is 11.9 Å². The van der Waals surface area contributed by atoms with Crippen LogP contribution < -0.4 is 15.4 Å². The number of aromatic nitrogens is 3. The van der Waals surface area contributed by atoms with Gasteiger partial charge in [-0.25, -0.2) is 0 Å². The first-order valence-corrected chi connectivity index (χ1v) is 7.62. The van der Waals surface area contributed by atoms with Crippen molar-refractivity contribution in [1.29, 1.82) is 0 Å². The second kappa shape index (κ2) is 6.72. The van der Waals surface area contributed by atoms with Gasteiger partial charge in [0.25, 0.3) is 0 Å². The van der Waals surface area contributed by atoms with Crippen LogP contribution in [-0.2, 0) is 0 Å². The molecule has 0 bridgehead atoms. The molecule has 1 heterocycles. The minimum Gasteiger partial charge on any atom is -0.463 e. The standard InChI is InChI=1S/C14H25N5O/c1-4-10-20-13-17-11(15-6-3)16-12(18-13)19-14(5-2)8-7-9-14/h4-10H2,1-3H3,(H2,15,16,17,18,19). The molecule has 1 saturated carbocycles. The van der Waals surface area contributed by atoms with Crippen LogP contribution in [0.2, 0.25) is 0 Å². The lowest BCUT2D eigenvalue weighted by Gasteiger charge is -2.41. The third-order valence-corrected chi connectivity index (χ3v) is 3.75. The van der Waals surface area contributed by atoms with Crippen molar-refractivity contribution in [2.45, 2.75) is 58.4 Å². The molecule has 0 saturated heterocycles. The third kappa shape index (κ3) is 3.49. The predicted molar refractivity (Wildman–Crippen MR) is 80.3 cm³/mol. The van der Waals surface area contributed by atoms with Crippen LogP contribution in [0.15, 0.2) is 0 Å². The van der Waals surface area contributed by atoms with E-state index in [1.54, 1.807) is 0 Å². The molecule has 0 unspecified atom stereocenters. The Morgan fingerprint density at radius 2 is 1.85 bits per heavy atom. The van der Waals surface area contributed by atoms with E-state index in [-0.39, 0.29) is 5.54 Å². The molecule has 112 valence electrons. The molecule has 0 aromatic carbocycles. The number of ether oxygens (including phenoxy) is 1.